The molecule has 0 aliphatic carbocycles. The molecule has 1 amide bonds. The van der Waals surface area contributed by atoms with Gasteiger partial charge in [-0.05, 0) is 47.4 Å². The molecule has 0 saturated carbocycles. The second-order valence-electron chi connectivity index (χ2n) is 8.22. The van der Waals surface area contributed by atoms with Gasteiger partial charge in [0.1, 0.15) is 5.75 Å². The Morgan fingerprint density at radius 3 is 2.69 bits per heavy atom. The first-order valence-corrected chi connectivity index (χ1v) is 11.0. The van der Waals surface area contributed by atoms with Crippen LogP contribution in [0.15, 0.2) is 79.0 Å². The molecular formula is C27H27N3O2. The lowest BCUT2D eigenvalue weighted by molar-refractivity contribution is -0.119. The van der Waals surface area contributed by atoms with Gasteiger partial charge >= 0.3 is 0 Å². The summed E-state index contributed by atoms with van der Waals surface area (Å²) in [6, 6.07) is 24.7. The van der Waals surface area contributed by atoms with E-state index in [-0.39, 0.29) is 11.8 Å². The maximum atomic E-state index is 12.9. The van der Waals surface area contributed by atoms with Gasteiger partial charge in [0.2, 0.25) is 5.91 Å². The summed E-state index contributed by atoms with van der Waals surface area (Å²) >= 11 is 0. The molecule has 32 heavy (non-hydrogen) atoms. The molecule has 2 N–H and O–H groups in total. The number of nitrogens with one attached hydrogen (secondary N) is 2. The highest BCUT2D eigenvalue weighted by atomic mass is 16.5. The molecule has 3 aromatic carbocycles. The summed E-state index contributed by atoms with van der Waals surface area (Å²) in [6.07, 6.45) is 3.05. The SMILES string of the molecule is COc1ccc([C@H](CNC(=O)CN2CCc3ccccc32)c2c[nH]c3ccccc23)cc1. The van der Waals surface area contributed by atoms with E-state index in [0.29, 0.717) is 13.1 Å². The number of ether oxygens (including phenoxy) is 1. The summed E-state index contributed by atoms with van der Waals surface area (Å²) in [5.41, 5.74) is 5.90. The van der Waals surface area contributed by atoms with Crippen LogP contribution < -0.4 is 15.0 Å². The molecule has 2 heterocycles. The van der Waals surface area contributed by atoms with E-state index in [0.717, 1.165) is 29.8 Å². The molecule has 1 aliphatic rings. The predicted octanol–water partition coefficient (Wildman–Crippen LogP) is 4.49. The van der Waals surface area contributed by atoms with E-state index in [4.69, 9.17) is 4.74 Å². The zero-order valence-electron chi connectivity index (χ0n) is 18.2. The van der Waals surface area contributed by atoms with Crippen molar-refractivity contribution in [2.24, 2.45) is 0 Å². The van der Waals surface area contributed by atoms with Crippen LogP contribution in [0.5, 0.6) is 5.75 Å². The maximum Gasteiger partial charge on any atom is 0.239 e. The lowest BCUT2D eigenvalue weighted by Gasteiger charge is -2.21. The van der Waals surface area contributed by atoms with Gasteiger partial charge in [-0.2, -0.15) is 0 Å². The third-order valence-electron chi connectivity index (χ3n) is 6.34. The molecule has 4 aromatic rings. The molecule has 0 spiro atoms. The fourth-order valence-electron chi connectivity index (χ4n) is 4.64. The molecule has 0 saturated heterocycles. The van der Waals surface area contributed by atoms with Crippen molar-refractivity contribution in [2.75, 3.05) is 31.6 Å². The summed E-state index contributed by atoms with van der Waals surface area (Å²) in [6.45, 7) is 1.79. The minimum absolute atomic E-state index is 0.0341. The maximum absolute atomic E-state index is 12.9. The van der Waals surface area contributed by atoms with Gasteiger partial charge in [-0.1, -0.05) is 48.5 Å². The monoisotopic (exact) mass is 425 g/mol. The number of fused-ring (bicyclic) bond motifs is 2. The van der Waals surface area contributed by atoms with E-state index in [2.05, 4.69) is 63.9 Å². The highest BCUT2D eigenvalue weighted by molar-refractivity contribution is 5.85. The molecule has 0 fully saturated rings. The van der Waals surface area contributed by atoms with Crippen LogP contribution in [0.2, 0.25) is 0 Å². The van der Waals surface area contributed by atoms with E-state index in [9.17, 15) is 4.79 Å². The third kappa shape index (κ3) is 3.94. The van der Waals surface area contributed by atoms with Gasteiger partial charge in [-0.15, -0.1) is 0 Å². The van der Waals surface area contributed by atoms with Crippen molar-refractivity contribution in [3.63, 3.8) is 0 Å². The standard InChI is InChI=1S/C27H27N3O2/c1-32-21-12-10-19(11-13-21)23(24-17-28-25-8-4-3-7-22(24)25)16-29-27(31)18-30-15-14-20-6-2-5-9-26(20)30/h2-13,17,23,28H,14-16,18H2,1H3,(H,29,31)/t23-/m0/s1. The van der Waals surface area contributed by atoms with Crippen LogP contribution in [-0.2, 0) is 11.2 Å². The number of amides is 1. The minimum Gasteiger partial charge on any atom is -0.497 e. The first-order valence-electron chi connectivity index (χ1n) is 11.0. The lowest BCUT2D eigenvalue weighted by Crippen LogP contribution is -2.38. The Morgan fingerprint density at radius 1 is 1.06 bits per heavy atom. The number of hydrogen-bond donors (Lipinski definition) is 2. The summed E-state index contributed by atoms with van der Waals surface area (Å²) in [4.78, 5) is 18.4. The van der Waals surface area contributed by atoms with Gasteiger partial charge in [0, 0.05) is 41.8 Å². The van der Waals surface area contributed by atoms with Gasteiger partial charge in [0.25, 0.3) is 0 Å². The molecule has 5 heteroatoms. The van der Waals surface area contributed by atoms with E-state index in [1.807, 2.05) is 30.3 Å². The van der Waals surface area contributed by atoms with Gasteiger partial charge in [0.05, 0.1) is 13.7 Å². The van der Waals surface area contributed by atoms with Crippen molar-refractivity contribution in [2.45, 2.75) is 12.3 Å². The Labute approximate surface area is 188 Å². The van der Waals surface area contributed by atoms with E-state index < -0.39 is 0 Å². The quantitative estimate of drug-likeness (QED) is 0.459. The molecular weight excluding hydrogens is 398 g/mol. The molecule has 5 nitrogen and oxygen atoms in total. The fourth-order valence-corrected chi connectivity index (χ4v) is 4.64. The molecule has 1 aliphatic heterocycles. The summed E-state index contributed by atoms with van der Waals surface area (Å²) in [5.74, 6) is 0.898. The summed E-state index contributed by atoms with van der Waals surface area (Å²) < 4.78 is 5.33. The Bertz CT molecular complexity index is 1230. The number of carbonyl (C=O) groups is 1. The van der Waals surface area contributed by atoms with Crippen LogP contribution in [0.4, 0.5) is 5.69 Å². The van der Waals surface area contributed by atoms with Gasteiger partial charge in [0.15, 0.2) is 0 Å². The average molecular weight is 426 g/mol. The average Bonchev–Trinajstić information content (AvgIpc) is 3.44. The largest absolute Gasteiger partial charge is 0.497 e. The lowest BCUT2D eigenvalue weighted by atomic mass is 9.90. The van der Waals surface area contributed by atoms with Crippen LogP contribution in [0.3, 0.4) is 0 Å². The van der Waals surface area contributed by atoms with Crippen molar-refractivity contribution in [1.29, 1.82) is 0 Å². The Balaban J connectivity index is 1.36. The number of rotatable bonds is 7. The van der Waals surface area contributed by atoms with E-state index in [1.165, 1.54) is 22.2 Å². The van der Waals surface area contributed by atoms with Gasteiger partial charge in [-0.3, -0.25) is 4.79 Å². The number of anilines is 1. The number of benzene rings is 3. The summed E-state index contributed by atoms with van der Waals surface area (Å²) in [7, 11) is 1.67. The van der Waals surface area contributed by atoms with E-state index >= 15 is 0 Å². The summed E-state index contributed by atoms with van der Waals surface area (Å²) in [5, 5.41) is 4.37. The normalized spacial score (nSPS) is 13.7. The zero-order chi connectivity index (χ0) is 21.9. The van der Waals surface area contributed by atoms with Crippen LogP contribution in [0.25, 0.3) is 10.9 Å². The number of hydrogen-bond acceptors (Lipinski definition) is 3. The topological polar surface area (TPSA) is 57.4 Å². The second-order valence-corrected chi connectivity index (χ2v) is 8.22. The number of H-pyrrole nitrogens is 1. The first-order chi connectivity index (χ1) is 15.7. The van der Waals surface area contributed by atoms with Crippen molar-refractivity contribution in [3.8, 4) is 5.75 Å². The van der Waals surface area contributed by atoms with Crippen LogP contribution >= 0.6 is 0 Å². The Hall–Kier alpha value is -3.73. The van der Waals surface area contributed by atoms with Gasteiger partial charge < -0.3 is 19.9 Å². The Morgan fingerprint density at radius 2 is 1.84 bits per heavy atom. The highest BCUT2D eigenvalue weighted by Crippen LogP contribution is 2.31. The molecule has 162 valence electrons. The zero-order valence-corrected chi connectivity index (χ0v) is 18.2. The number of methoxy groups -OCH3 is 1. The Kier molecular flexibility index (Phi) is 5.55. The number of carbonyl (C=O) groups excluding carboxylic acids is 1. The predicted molar refractivity (Wildman–Crippen MR) is 129 cm³/mol. The molecule has 0 radical (unpaired) electrons. The van der Waals surface area contributed by atoms with Crippen molar-refractivity contribution >= 4 is 22.5 Å². The number of aromatic amines is 1. The van der Waals surface area contributed by atoms with Crippen molar-refractivity contribution in [1.82, 2.24) is 10.3 Å². The molecule has 1 atom stereocenters. The number of para-hydroxylation sites is 2. The molecule has 0 bridgehead atoms. The fraction of sp³-hybridized carbons (Fsp3) is 0.222. The molecule has 1 aromatic heterocycles. The third-order valence-corrected chi connectivity index (χ3v) is 6.34. The highest BCUT2D eigenvalue weighted by Gasteiger charge is 2.23. The second kappa shape index (κ2) is 8.79. The number of aromatic nitrogens is 1. The van der Waals surface area contributed by atoms with Crippen LogP contribution in [0, 0.1) is 0 Å². The smallest absolute Gasteiger partial charge is 0.239 e. The molecule has 0 unspecified atom stereocenters. The van der Waals surface area contributed by atoms with Crippen molar-refractivity contribution < 1.29 is 9.53 Å². The van der Waals surface area contributed by atoms with Crippen molar-refractivity contribution in [3.05, 3.63) is 95.7 Å². The van der Waals surface area contributed by atoms with E-state index in [1.54, 1.807) is 7.11 Å². The van der Waals surface area contributed by atoms with Gasteiger partial charge in [-0.25, -0.2) is 0 Å². The number of nitrogens with zero attached hydrogens (tertiary/aromatic N) is 1. The van der Waals surface area contributed by atoms with Crippen LogP contribution in [-0.4, -0.2) is 37.6 Å². The minimum atomic E-state index is 0.0341. The first kappa shape index (κ1) is 20.2. The van der Waals surface area contributed by atoms with Crippen LogP contribution in [0.1, 0.15) is 22.6 Å². The molecule has 5 rings (SSSR count).